The van der Waals surface area contributed by atoms with Gasteiger partial charge in [-0.15, -0.1) is 0 Å². The molecule has 0 aromatic heterocycles. The van der Waals surface area contributed by atoms with Gasteiger partial charge in [-0.3, -0.25) is 4.79 Å². The summed E-state index contributed by atoms with van der Waals surface area (Å²) in [5.41, 5.74) is -0.225. The molecule has 35 heavy (non-hydrogen) atoms. The molecule has 0 bridgehead atoms. The molecule has 0 spiro atoms. The highest BCUT2D eigenvalue weighted by Crippen LogP contribution is 2.37. The maximum Gasteiger partial charge on any atom is 0.307 e. The van der Waals surface area contributed by atoms with Crippen LogP contribution in [0.25, 0.3) is 11.1 Å². The topological polar surface area (TPSA) is 89.9 Å². The second kappa shape index (κ2) is 10.0. The fourth-order valence-electron chi connectivity index (χ4n) is 3.44. The van der Waals surface area contributed by atoms with E-state index < -0.39 is 43.9 Å². The van der Waals surface area contributed by atoms with Crippen molar-refractivity contribution in [2.24, 2.45) is 5.41 Å². The van der Waals surface area contributed by atoms with Crippen LogP contribution >= 0.6 is 0 Å². The number of rotatable bonds is 8. The van der Waals surface area contributed by atoms with Crippen LogP contribution in [0.5, 0.6) is 11.5 Å². The molecule has 0 saturated carbocycles. The minimum absolute atomic E-state index is 0.110. The van der Waals surface area contributed by atoms with E-state index in [4.69, 9.17) is 9.47 Å². The molecule has 1 atom stereocenters. The van der Waals surface area contributed by atoms with E-state index >= 15 is 4.39 Å². The smallest absolute Gasteiger partial charge is 0.307 e. The van der Waals surface area contributed by atoms with Crippen molar-refractivity contribution in [2.45, 2.75) is 43.1 Å². The fourth-order valence-corrected chi connectivity index (χ4v) is 4.75. The monoisotopic (exact) mass is 504 g/mol. The Kier molecular flexibility index (Phi) is 7.50. The Labute approximate surface area is 203 Å². The van der Waals surface area contributed by atoms with E-state index in [9.17, 15) is 22.7 Å². The van der Waals surface area contributed by atoms with Crippen molar-refractivity contribution >= 4 is 15.8 Å². The van der Waals surface area contributed by atoms with E-state index in [1.54, 1.807) is 0 Å². The molecule has 0 fully saturated rings. The van der Waals surface area contributed by atoms with E-state index in [-0.39, 0.29) is 28.2 Å². The highest BCUT2D eigenvalue weighted by atomic mass is 32.2. The van der Waals surface area contributed by atoms with Crippen molar-refractivity contribution in [3.63, 3.8) is 0 Å². The average molecular weight is 505 g/mol. The van der Waals surface area contributed by atoms with Crippen molar-refractivity contribution in [2.75, 3.05) is 7.11 Å². The lowest BCUT2D eigenvalue weighted by atomic mass is 9.87. The standard InChI is InChI=1S/C26H26F2O6S/c1-26(2,3)24(15-25(29)30)34-22-11-6-17(27)14-20(22)16-5-12-23(21(28)13-16)35(31,32)19-9-7-18(33-4)8-10-19/h5-14,24H,15H2,1-4H3,(H,29,30). The molecule has 9 heteroatoms. The number of methoxy groups -OCH3 is 1. The van der Waals surface area contributed by atoms with E-state index in [1.807, 2.05) is 20.8 Å². The number of carboxylic acids is 1. The minimum atomic E-state index is -4.16. The zero-order chi connectivity index (χ0) is 26.0. The zero-order valence-corrected chi connectivity index (χ0v) is 20.5. The molecule has 1 unspecified atom stereocenters. The Hall–Kier alpha value is -3.46. The molecule has 0 aliphatic heterocycles. The first-order chi connectivity index (χ1) is 16.3. The first kappa shape index (κ1) is 26.2. The van der Waals surface area contributed by atoms with Crippen molar-refractivity contribution < 1.29 is 36.6 Å². The Morgan fingerprint density at radius 1 is 1.00 bits per heavy atom. The third-order valence-corrected chi connectivity index (χ3v) is 7.24. The molecule has 0 amide bonds. The number of ether oxygens (including phenoxy) is 2. The largest absolute Gasteiger partial charge is 0.497 e. The van der Waals surface area contributed by atoms with E-state index in [0.29, 0.717) is 5.75 Å². The predicted molar refractivity (Wildman–Crippen MR) is 126 cm³/mol. The van der Waals surface area contributed by atoms with Gasteiger partial charge >= 0.3 is 5.97 Å². The van der Waals surface area contributed by atoms with Crippen molar-refractivity contribution in [3.05, 3.63) is 72.3 Å². The van der Waals surface area contributed by atoms with E-state index in [1.165, 1.54) is 43.5 Å². The highest BCUT2D eigenvalue weighted by Gasteiger charge is 2.30. The van der Waals surface area contributed by atoms with Gasteiger partial charge in [-0.1, -0.05) is 26.8 Å². The van der Waals surface area contributed by atoms with Gasteiger partial charge in [0.2, 0.25) is 9.84 Å². The van der Waals surface area contributed by atoms with Crippen molar-refractivity contribution in [1.29, 1.82) is 0 Å². The molecule has 1 N–H and O–H groups in total. The Morgan fingerprint density at radius 2 is 1.66 bits per heavy atom. The molecular weight excluding hydrogens is 478 g/mol. The Bertz CT molecular complexity index is 1330. The quantitative estimate of drug-likeness (QED) is 0.421. The van der Waals surface area contributed by atoms with Crippen LogP contribution in [0, 0.1) is 17.0 Å². The molecule has 0 saturated heterocycles. The summed E-state index contributed by atoms with van der Waals surface area (Å²) in [4.78, 5) is 10.7. The van der Waals surface area contributed by atoms with Gasteiger partial charge in [0, 0.05) is 5.56 Å². The second-order valence-corrected chi connectivity index (χ2v) is 11.0. The Balaban J connectivity index is 2.03. The molecule has 0 heterocycles. The minimum Gasteiger partial charge on any atom is -0.497 e. The first-order valence-electron chi connectivity index (χ1n) is 10.7. The summed E-state index contributed by atoms with van der Waals surface area (Å²) in [6, 6.07) is 12.6. The molecule has 0 aliphatic carbocycles. The SMILES string of the molecule is COc1ccc(S(=O)(=O)c2ccc(-c3cc(F)ccc3OC(CC(=O)O)C(C)(C)C)cc2F)cc1. The lowest BCUT2D eigenvalue weighted by Gasteiger charge is -2.31. The van der Waals surface area contributed by atoms with Gasteiger partial charge in [0.1, 0.15) is 34.1 Å². The van der Waals surface area contributed by atoms with Crippen LogP contribution in [0.1, 0.15) is 27.2 Å². The third kappa shape index (κ3) is 5.97. The van der Waals surface area contributed by atoms with Gasteiger partial charge in [0.25, 0.3) is 0 Å². The molecule has 0 aliphatic rings. The summed E-state index contributed by atoms with van der Waals surface area (Å²) in [5, 5.41) is 9.27. The number of carboxylic acid groups (broad SMARTS) is 1. The van der Waals surface area contributed by atoms with E-state index in [2.05, 4.69) is 0 Å². The van der Waals surface area contributed by atoms with Crippen molar-refractivity contribution in [1.82, 2.24) is 0 Å². The molecular formula is C26H26F2O6S. The van der Waals surface area contributed by atoms with Crippen LogP contribution < -0.4 is 9.47 Å². The molecule has 3 aromatic rings. The van der Waals surface area contributed by atoms with Crippen LogP contribution in [0.3, 0.4) is 0 Å². The lowest BCUT2D eigenvalue weighted by Crippen LogP contribution is -2.34. The zero-order valence-electron chi connectivity index (χ0n) is 19.7. The Morgan fingerprint density at radius 3 is 2.20 bits per heavy atom. The predicted octanol–water partition coefficient (Wildman–Crippen LogP) is 5.74. The van der Waals surface area contributed by atoms with Crippen LogP contribution in [0.4, 0.5) is 8.78 Å². The first-order valence-corrected chi connectivity index (χ1v) is 12.2. The van der Waals surface area contributed by atoms with Gasteiger partial charge in [0.05, 0.1) is 18.4 Å². The van der Waals surface area contributed by atoms with Crippen LogP contribution in [0.2, 0.25) is 0 Å². The summed E-state index contributed by atoms with van der Waals surface area (Å²) in [7, 11) is -2.72. The van der Waals surface area contributed by atoms with Gasteiger partial charge in [0.15, 0.2) is 0 Å². The van der Waals surface area contributed by atoms with Gasteiger partial charge < -0.3 is 14.6 Å². The molecule has 0 radical (unpaired) electrons. The van der Waals surface area contributed by atoms with E-state index in [0.717, 1.165) is 24.3 Å². The molecule has 3 aromatic carbocycles. The molecule has 186 valence electrons. The number of carbonyl (C=O) groups is 1. The number of hydrogen-bond acceptors (Lipinski definition) is 5. The van der Waals surface area contributed by atoms with Gasteiger partial charge in [-0.05, 0) is 65.6 Å². The molecule has 3 rings (SSSR count). The van der Waals surface area contributed by atoms with Crippen LogP contribution in [-0.2, 0) is 14.6 Å². The number of hydrogen-bond donors (Lipinski definition) is 1. The summed E-state index contributed by atoms with van der Waals surface area (Å²) < 4.78 is 66.1. The molecule has 6 nitrogen and oxygen atoms in total. The third-order valence-electron chi connectivity index (χ3n) is 5.44. The van der Waals surface area contributed by atoms with Gasteiger partial charge in [-0.2, -0.15) is 0 Å². The fraction of sp³-hybridized carbons (Fsp3) is 0.269. The number of aliphatic carboxylic acids is 1. The second-order valence-electron chi connectivity index (χ2n) is 9.04. The lowest BCUT2D eigenvalue weighted by molar-refractivity contribution is -0.140. The van der Waals surface area contributed by atoms with Crippen molar-refractivity contribution in [3.8, 4) is 22.6 Å². The summed E-state index contributed by atoms with van der Waals surface area (Å²) in [6.07, 6.45) is -1.06. The average Bonchev–Trinajstić information content (AvgIpc) is 2.78. The maximum atomic E-state index is 15.1. The summed E-state index contributed by atoms with van der Waals surface area (Å²) in [5.74, 6) is -2.10. The normalized spacial score (nSPS) is 12.7. The number of sulfone groups is 1. The highest BCUT2D eigenvalue weighted by molar-refractivity contribution is 7.91. The van der Waals surface area contributed by atoms with Crippen LogP contribution in [0.15, 0.2) is 70.5 Å². The van der Waals surface area contributed by atoms with Gasteiger partial charge in [-0.25, -0.2) is 17.2 Å². The number of halogens is 2. The summed E-state index contributed by atoms with van der Waals surface area (Å²) in [6.45, 7) is 5.42. The summed E-state index contributed by atoms with van der Waals surface area (Å²) >= 11 is 0. The maximum absolute atomic E-state index is 15.1. The number of benzene rings is 3. The van der Waals surface area contributed by atoms with Crippen LogP contribution in [-0.4, -0.2) is 32.7 Å².